The van der Waals surface area contributed by atoms with E-state index in [4.69, 9.17) is 14.2 Å². The molecule has 4 aromatic heterocycles. The Kier molecular flexibility index (Phi) is 8.59. The van der Waals surface area contributed by atoms with Crippen LogP contribution in [0.5, 0.6) is 11.5 Å². The number of pyridine rings is 2. The zero-order valence-electron chi connectivity index (χ0n) is 23.3. The Bertz CT molecular complexity index is 1700. The van der Waals surface area contributed by atoms with Gasteiger partial charge in [0.1, 0.15) is 22.8 Å². The van der Waals surface area contributed by atoms with Gasteiger partial charge in [0.25, 0.3) is 0 Å². The molecule has 0 bridgehead atoms. The van der Waals surface area contributed by atoms with Crippen LogP contribution in [0.15, 0.2) is 97.3 Å². The third kappa shape index (κ3) is 6.22. The van der Waals surface area contributed by atoms with E-state index in [9.17, 15) is 4.79 Å². The van der Waals surface area contributed by atoms with Gasteiger partial charge in [0.05, 0.1) is 25.5 Å². The molecule has 41 heavy (non-hydrogen) atoms. The quantitative estimate of drug-likeness (QED) is 0.219. The lowest BCUT2D eigenvalue weighted by atomic mass is 10.1. The third-order valence-corrected chi connectivity index (χ3v) is 6.34. The smallest absolute Gasteiger partial charge is 0.420 e. The minimum atomic E-state index is -0.426. The van der Waals surface area contributed by atoms with Gasteiger partial charge < -0.3 is 19.2 Å². The highest BCUT2D eigenvalue weighted by atomic mass is 16.5. The van der Waals surface area contributed by atoms with Crippen molar-refractivity contribution in [3.63, 3.8) is 0 Å². The molecule has 0 aliphatic rings. The lowest BCUT2D eigenvalue weighted by Gasteiger charge is -2.09. The zero-order valence-corrected chi connectivity index (χ0v) is 23.3. The van der Waals surface area contributed by atoms with Gasteiger partial charge in [-0.2, -0.15) is 0 Å². The first kappa shape index (κ1) is 27.5. The molecular weight excluding hydrogens is 516 g/mol. The normalized spacial score (nSPS) is 10.7. The Hall–Kier alpha value is -5.11. The van der Waals surface area contributed by atoms with Crippen LogP contribution >= 0.6 is 0 Å². The van der Waals surface area contributed by atoms with Gasteiger partial charge >= 0.3 is 6.09 Å². The maximum Gasteiger partial charge on any atom is 0.420 e. The maximum absolute atomic E-state index is 12.4. The molecule has 1 N–H and O–H groups in total. The fourth-order valence-corrected chi connectivity index (χ4v) is 4.52. The summed E-state index contributed by atoms with van der Waals surface area (Å²) in [5.74, 6) is 1.70. The zero-order chi connectivity index (χ0) is 28.6. The lowest BCUT2D eigenvalue weighted by Crippen LogP contribution is -2.15. The largest absolute Gasteiger partial charge is 0.494 e. The Morgan fingerprint density at radius 1 is 0.732 bits per heavy atom. The minimum absolute atomic E-state index is 0.314. The minimum Gasteiger partial charge on any atom is -0.494 e. The van der Waals surface area contributed by atoms with E-state index in [2.05, 4.69) is 39.2 Å². The van der Waals surface area contributed by atoms with E-state index in [-0.39, 0.29) is 0 Å². The number of rotatable bonds is 7. The van der Waals surface area contributed by atoms with Gasteiger partial charge in [-0.05, 0) is 117 Å². The van der Waals surface area contributed by atoms with Crippen molar-refractivity contribution in [1.82, 2.24) is 19.5 Å². The summed E-state index contributed by atoms with van der Waals surface area (Å²) in [7, 11) is 0. The first-order chi connectivity index (χ1) is 20.1. The van der Waals surface area contributed by atoms with Crippen molar-refractivity contribution < 1.29 is 19.0 Å². The Morgan fingerprint density at radius 2 is 1.34 bits per heavy atom. The van der Waals surface area contributed by atoms with Crippen LogP contribution in [0.4, 0.5) is 4.79 Å². The molecule has 0 fully saturated rings. The molecular formula is C33H32N4O4. The number of nitrogens with zero attached hydrogens (tertiary/aromatic N) is 3. The maximum atomic E-state index is 12.4. The van der Waals surface area contributed by atoms with Crippen LogP contribution in [0.1, 0.15) is 20.8 Å². The number of aromatic nitrogens is 4. The molecule has 208 valence electrons. The van der Waals surface area contributed by atoms with E-state index in [0.717, 1.165) is 50.4 Å². The van der Waals surface area contributed by atoms with Gasteiger partial charge in [0.2, 0.25) is 0 Å². The van der Waals surface area contributed by atoms with E-state index in [1.807, 2.05) is 74.5 Å². The van der Waals surface area contributed by atoms with E-state index in [1.54, 1.807) is 19.3 Å². The number of aromatic amines is 1. The molecule has 0 atom stereocenters. The van der Waals surface area contributed by atoms with Crippen molar-refractivity contribution >= 4 is 28.2 Å². The van der Waals surface area contributed by atoms with Crippen molar-refractivity contribution in [1.29, 1.82) is 0 Å². The first-order valence-electron chi connectivity index (χ1n) is 13.6. The number of ether oxygens (including phenoxy) is 3. The number of carbonyl (C=O) groups is 1. The summed E-state index contributed by atoms with van der Waals surface area (Å²) in [5.41, 5.74) is 5.37. The summed E-state index contributed by atoms with van der Waals surface area (Å²) in [5, 5.41) is 2.02. The molecule has 6 aromatic rings. The van der Waals surface area contributed by atoms with E-state index in [0.29, 0.717) is 25.5 Å². The molecule has 0 amide bonds. The van der Waals surface area contributed by atoms with Crippen LogP contribution < -0.4 is 9.47 Å². The van der Waals surface area contributed by atoms with Gasteiger partial charge in [0, 0.05) is 28.9 Å². The SMILES string of the molecule is CCOC(=O)n1c(-c2ccc(OCC)cc2)cc2cccnc21.CCOc1ccc(-c2cc3cccnc3[nH]2)cc1. The van der Waals surface area contributed by atoms with Gasteiger partial charge in [-0.3, -0.25) is 0 Å². The molecule has 0 unspecified atom stereocenters. The molecule has 0 saturated carbocycles. The fraction of sp³-hybridized carbons (Fsp3) is 0.182. The number of nitrogens with one attached hydrogen (secondary N) is 1. The molecule has 2 aromatic carbocycles. The van der Waals surface area contributed by atoms with Crippen LogP contribution in [0.3, 0.4) is 0 Å². The topological polar surface area (TPSA) is 91.3 Å². The van der Waals surface area contributed by atoms with Gasteiger partial charge in [-0.1, -0.05) is 0 Å². The Morgan fingerprint density at radius 3 is 1.95 bits per heavy atom. The van der Waals surface area contributed by atoms with Crippen molar-refractivity contribution in [2.75, 3.05) is 19.8 Å². The Labute approximate surface area is 238 Å². The molecule has 0 aliphatic carbocycles. The number of hydrogen-bond acceptors (Lipinski definition) is 6. The molecule has 8 heteroatoms. The number of carbonyl (C=O) groups excluding carboxylic acids is 1. The molecule has 0 radical (unpaired) electrons. The first-order valence-corrected chi connectivity index (χ1v) is 13.6. The summed E-state index contributed by atoms with van der Waals surface area (Å²) in [4.78, 5) is 24.3. The van der Waals surface area contributed by atoms with Crippen molar-refractivity contribution in [2.24, 2.45) is 0 Å². The third-order valence-electron chi connectivity index (χ3n) is 6.34. The van der Waals surface area contributed by atoms with Crippen molar-refractivity contribution in [2.45, 2.75) is 20.8 Å². The average molecular weight is 549 g/mol. The molecule has 6 rings (SSSR count). The number of fused-ring (bicyclic) bond motifs is 2. The Balaban J connectivity index is 0.000000169. The highest BCUT2D eigenvalue weighted by Gasteiger charge is 2.18. The average Bonchev–Trinajstić information content (AvgIpc) is 3.61. The number of hydrogen-bond donors (Lipinski definition) is 1. The standard InChI is InChI=1S/C18H18N2O3.C15H14N2O/c1-3-22-15-9-7-13(8-10-15)16-12-14-6-5-11-19-17(14)20(16)18(21)23-4-2;1-2-18-13-7-5-11(6-8-13)14-10-12-4-3-9-16-15(12)17-14/h5-12H,3-4H2,1-2H3;3-10H,2H2,1H3,(H,16,17). The fourth-order valence-electron chi connectivity index (χ4n) is 4.52. The number of H-pyrrole nitrogens is 1. The number of benzene rings is 2. The predicted molar refractivity (Wildman–Crippen MR) is 161 cm³/mol. The van der Waals surface area contributed by atoms with Gasteiger partial charge in [-0.15, -0.1) is 0 Å². The second-order valence-electron chi connectivity index (χ2n) is 9.02. The second-order valence-corrected chi connectivity index (χ2v) is 9.02. The van der Waals surface area contributed by atoms with Gasteiger partial charge in [-0.25, -0.2) is 19.3 Å². The van der Waals surface area contributed by atoms with E-state index < -0.39 is 6.09 Å². The van der Waals surface area contributed by atoms with E-state index >= 15 is 0 Å². The van der Waals surface area contributed by atoms with E-state index in [1.165, 1.54) is 4.57 Å². The highest BCUT2D eigenvalue weighted by molar-refractivity contribution is 5.94. The molecule has 0 aliphatic heterocycles. The van der Waals surface area contributed by atoms with Crippen molar-refractivity contribution in [3.05, 3.63) is 97.3 Å². The van der Waals surface area contributed by atoms with Crippen LogP contribution in [0.2, 0.25) is 0 Å². The highest BCUT2D eigenvalue weighted by Crippen LogP contribution is 2.29. The summed E-state index contributed by atoms with van der Waals surface area (Å²) >= 11 is 0. The van der Waals surface area contributed by atoms with Crippen molar-refractivity contribution in [3.8, 4) is 34.0 Å². The monoisotopic (exact) mass is 548 g/mol. The van der Waals surface area contributed by atoms with Crippen LogP contribution in [-0.2, 0) is 4.74 Å². The van der Waals surface area contributed by atoms with Gasteiger partial charge in [0.15, 0.2) is 0 Å². The molecule has 8 nitrogen and oxygen atoms in total. The summed E-state index contributed by atoms with van der Waals surface area (Å²) in [6.07, 6.45) is 3.03. The molecule has 0 saturated heterocycles. The van der Waals surface area contributed by atoms with Crippen LogP contribution in [0, 0.1) is 0 Å². The lowest BCUT2D eigenvalue weighted by molar-refractivity contribution is 0.155. The summed E-state index contributed by atoms with van der Waals surface area (Å²) in [6.45, 7) is 7.33. The van der Waals surface area contributed by atoms with Crippen LogP contribution in [0.25, 0.3) is 44.6 Å². The van der Waals surface area contributed by atoms with Crippen LogP contribution in [-0.4, -0.2) is 45.4 Å². The predicted octanol–water partition coefficient (Wildman–Crippen LogP) is 7.74. The molecule has 0 spiro atoms. The molecule has 4 heterocycles. The summed E-state index contributed by atoms with van der Waals surface area (Å²) < 4.78 is 17.6. The second kappa shape index (κ2) is 12.8. The summed E-state index contributed by atoms with van der Waals surface area (Å²) in [6, 6.07) is 27.5.